The van der Waals surface area contributed by atoms with Crippen molar-refractivity contribution in [1.29, 1.82) is 0 Å². The van der Waals surface area contributed by atoms with Crippen molar-refractivity contribution in [2.45, 2.75) is 37.8 Å². The summed E-state index contributed by atoms with van der Waals surface area (Å²) in [5, 5.41) is 15.7. The van der Waals surface area contributed by atoms with E-state index in [0.29, 0.717) is 29.9 Å². The number of piperidine rings is 1. The molecule has 4 rings (SSSR count). The number of rotatable bonds is 4. The molecule has 170 valence electrons. The van der Waals surface area contributed by atoms with Crippen LogP contribution in [-0.2, 0) is 9.59 Å². The SMILES string of the molecule is C#Cc1ccc(NC(=O)N2C[C@H](O)C[C@@H]2C(=O)Nc2ccc(N3CCCCC3=O)cc2)cc1. The molecule has 2 aliphatic rings. The van der Waals surface area contributed by atoms with E-state index < -0.39 is 18.2 Å². The van der Waals surface area contributed by atoms with E-state index in [4.69, 9.17) is 6.42 Å². The third-order valence-electron chi connectivity index (χ3n) is 5.92. The van der Waals surface area contributed by atoms with Crippen molar-refractivity contribution in [2.75, 3.05) is 28.6 Å². The second kappa shape index (κ2) is 9.76. The van der Waals surface area contributed by atoms with E-state index in [1.807, 2.05) is 0 Å². The molecule has 0 saturated carbocycles. The Bertz CT molecular complexity index is 1080. The molecule has 3 N–H and O–H groups in total. The van der Waals surface area contributed by atoms with Crippen LogP contribution in [-0.4, -0.2) is 53.1 Å². The number of carbonyl (C=O) groups is 3. The van der Waals surface area contributed by atoms with E-state index in [1.165, 1.54) is 4.90 Å². The molecule has 33 heavy (non-hydrogen) atoms. The second-order valence-corrected chi connectivity index (χ2v) is 8.25. The number of nitrogens with zero attached hydrogens (tertiary/aromatic N) is 2. The molecule has 8 heteroatoms. The average Bonchev–Trinajstić information content (AvgIpc) is 3.22. The maximum Gasteiger partial charge on any atom is 0.322 e. The monoisotopic (exact) mass is 446 g/mol. The Morgan fingerprint density at radius 1 is 1.00 bits per heavy atom. The normalized spacial score (nSPS) is 20.3. The van der Waals surface area contributed by atoms with E-state index in [2.05, 4.69) is 16.6 Å². The summed E-state index contributed by atoms with van der Waals surface area (Å²) in [6, 6.07) is 12.6. The lowest BCUT2D eigenvalue weighted by atomic mass is 10.1. The summed E-state index contributed by atoms with van der Waals surface area (Å²) in [5.74, 6) is 2.23. The number of aliphatic hydroxyl groups is 1. The van der Waals surface area contributed by atoms with Crippen molar-refractivity contribution < 1.29 is 19.5 Å². The van der Waals surface area contributed by atoms with Gasteiger partial charge in [-0.3, -0.25) is 9.59 Å². The molecule has 8 nitrogen and oxygen atoms in total. The van der Waals surface area contributed by atoms with Crippen LogP contribution in [0.3, 0.4) is 0 Å². The smallest absolute Gasteiger partial charge is 0.322 e. The number of likely N-dealkylation sites (tertiary alicyclic amines) is 1. The van der Waals surface area contributed by atoms with Crippen LogP contribution in [0.25, 0.3) is 0 Å². The maximum atomic E-state index is 12.9. The highest BCUT2D eigenvalue weighted by atomic mass is 16.3. The number of anilines is 3. The Morgan fingerprint density at radius 2 is 1.67 bits per heavy atom. The van der Waals surface area contributed by atoms with Crippen molar-refractivity contribution in [2.24, 2.45) is 0 Å². The van der Waals surface area contributed by atoms with Gasteiger partial charge in [-0.1, -0.05) is 5.92 Å². The quantitative estimate of drug-likeness (QED) is 0.629. The fourth-order valence-corrected chi connectivity index (χ4v) is 4.16. The number of hydrogen-bond acceptors (Lipinski definition) is 4. The standard InChI is InChI=1S/C25H26N4O4/c1-2-17-6-8-19(9-7-17)27-25(33)29-16-21(30)15-22(29)24(32)26-18-10-12-20(13-11-18)28-14-4-3-5-23(28)31/h1,6-13,21-22,30H,3-5,14-16H2,(H,26,32)(H,27,33)/t21-,22-/m1/s1. The zero-order valence-electron chi connectivity index (χ0n) is 18.2. The first-order chi connectivity index (χ1) is 15.9. The first-order valence-corrected chi connectivity index (χ1v) is 11.0. The van der Waals surface area contributed by atoms with Gasteiger partial charge in [0.05, 0.1) is 6.10 Å². The van der Waals surface area contributed by atoms with E-state index in [-0.39, 0.29) is 24.8 Å². The molecule has 0 unspecified atom stereocenters. The third-order valence-corrected chi connectivity index (χ3v) is 5.92. The highest BCUT2D eigenvalue weighted by Gasteiger charge is 2.39. The fourth-order valence-electron chi connectivity index (χ4n) is 4.16. The van der Waals surface area contributed by atoms with Crippen molar-refractivity contribution in [3.63, 3.8) is 0 Å². The molecule has 2 aliphatic heterocycles. The van der Waals surface area contributed by atoms with Crippen molar-refractivity contribution in [3.05, 3.63) is 54.1 Å². The predicted octanol–water partition coefficient (Wildman–Crippen LogP) is 2.79. The lowest BCUT2D eigenvalue weighted by Gasteiger charge is -2.27. The summed E-state index contributed by atoms with van der Waals surface area (Å²) in [6.07, 6.45) is 7.14. The van der Waals surface area contributed by atoms with E-state index in [1.54, 1.807) is 53.4 Å². The Balaban J connectivity index is 1.40. The van der Waals surface area contributed by atoms with Crippen LogP contribution in [0.5, 0.6) is 0 Å². The number of urea groups is 1. The number of nitrogens with one attached hydrogen (secondary N) is 2. The molecule has 2 heterocycles. The van der Waals surface area contributed by atoms with Crippen LogP contribution in [0.4, 0.5) is 21.9 Å². The lowest BCUT2D eigenvalue weighted by Crippen LogP contribution is -2.45. The molecule has 0 aliphatic carbocycles. The first kappa shape index (κ1) is 22.4. The molecule has 0 bridgehead atoms. The number of amides is 4. The van der Waals surface area contributed by atoms with Crippen LogP contribution in [0, 0.1) is 12.3 Å². The summed E-state index contributed by atoms with van der Waals surface area (Å²) >= 11 is 0. The molecule has 4 amide bonds. The van der Waals surface area contributed by atoms with Crippen LogP contribution < -0.4 is 15.5 Å². The molecule has 2 saturated heterocycles. The van der Waals surface area contributed by atoms with Crippen LogP contribution in [0.15, 0.2) is 48.5 Å². The highest BCUT2D eigenvalue weighted by molar-refractivity contribution is 6.00. The lowest BCUT2D eigenvalue weighted by molar-refractivity contribution is -0.120. The number of aliphatic hydroxyl groups excluding tert-OH is 1. The minimum atomic E-state index is -0.812. The van der Waals surface area contributed by atoms with E-state index in [0.717, 1.165) is 18.5 Å². The molecule has 2 atom stereocenters. The summed E-state index contributed by atoms with van der Waals surface area (Å²) in [7, 11) is 0. The molecule has 2 aromatic carbocycles. The van der Waals surface area contributed by atoms with Gasteiger partial charge in [0.25, 0.3) is 0 Å². The highest BCUT2D eigenvalue weighted by Crippen LogP contribution is 2.25. The Hall–Kier alpha value is -3.83. The summed E-state index contributed by atoms with van der Waals surface area (Å²) in [4.78, 5) is 40.9. The van der Waals surface area contributed by atoms with Gasteiger partial charge in [-0.05, 0) is 61.4 Å². The van der Waals surface area contributed by atoms with Gasteiger partial charge in [-0.2, -0.15) is 0 Å². The Morgan fingerprint density at radius 3 is 2.33 bits per heavy atom. The van der Waals surface area contributed by atoms with Crippen LogP contribution in [0.2, 0.25) is 0 Å². The number of benzene rings is 2. The molecule has 0 radical (unpaired) electrons. The van der Waals surface area contributed by atoms with Gasteiger partial charge in [0, 0.05) is 48.6 Å². The molecule has 2 aromatic rings. The topological polar surface area (TPSA) is 102 Å². The number of hydrogen-bond donors (Lipinski definition) is 3. The largest absolute Gasteiger partial charge is 0.391 e. The van der Waals surface area contributed by atoms with Gasteiger partial charge < -0.3 is 25.5 Å². The Labute approximate surface area is 192 Å². The van der Waals surface area contributed by atoms with Gasteiger partial charge in [-0.15, -0.1) is 6.42 Å². The average molecular weight is 447 g/mol. The maximum absolute atomic E-state index is 12.9. The molecule has 0 aromatic heterocycles. The molecular weight excluding hydrogens is 420 g/mol. The van der Waals surface area contributed by atoms with Gasteiger partial charge >= 0.3 is 6.03 Å². The first-order valence-electron chi connectivity index (χ1n) is 11.0. The zero-order chi connectivity index (χ0) is 23.4. The van der Waals surface area contributed by atoms with Crippen LogP contribution >= 0.6 is 0 Å². The van der Waals surface area contributed by atoms with Gasteiger partial charge in [0.1, 0.15) is 6.04 Å². The molecule has 2 fully saturated rings. The summed E-state index contributed by atoms with van der Waals surface area (Å²) in [5.41, 5.74) is 2.59. The van der Waals surface area contributed by atoms with Crippen molar-refractivity contribution >= 4 is 34.9 Å². The van der Waals surface area contributed by atoms with Crippen LogP contribution in [0.1, 0.15) is 31.2 Å². The minimum Gasteiger partial charge on any atom is -0.391 e. The van der Waals surface area contributed by atoms with Crippen molar-refractivity contribution in [1.82, 2.24) is 4.90 Å². The third kappa shape index (κ3) is 5.16. The Kier molecular flexibility index (Phi) is 6.61. The number of carbonyl (C=O) groups excluding carboxylic acids is 3. The molecule has 0 spiro atoms. The predicted molar refractivity (Wildman–Crippen MR) is 126 cm³/mol. The molecular formula is C25H26N4O4. The summed E-state index contributed by atoms with van der Waals surface area (Å²) in [6.45, 7) is 0.752. The van der Waals surface area contributed by atoms with Crippen molar-refractivity contribution in [3.8, 4) is 12.3 Å². The fraction of sp³-hybridized carbons (Fsp3) is 0.320. The van der Waals surface area contributed by atoms with Gasteiger partial charge in [0.2, 0.25) is 11.8 Å². The van der Waals surface area contributed by atoms with Gasteiger partial charge in [0.15, 0.2) is 0 Å². The second-order valence-electron chi connectivity index (χ2n) is 8.25. The summed E-state index contributed by atoms with van der Waals surface area (Å²) < 4.78 is 0. The van der Waals surface area contributed by atoms with E-state index >= 15 is 0 Å². The minimum absolute atomic E-state index is 0.0579. The zero-order valence-corrected chi connectivity index (χ0v) is 18.2. The number of terminal acetylenes is 1. The van der Waals surface area contributed by atoms with E-state index in [9.17, 15) is 19.5 Å². The van der Waals surface area contributed by atoms with Gasteiger partial charge in [-0.25, -0.2) is 4.79 Å². The number of β-amino-alcohol motifs (C(OH)–C–C–N with tert-alkyl or cyclic N) is 1.